The highest BCUT2D eigenvalue weighted by molar-refractivity contribution is 5.14. The van der Waals surface area contributed by atoms with E-state index >= 15 is 0 Å². The van der Waals surface area contributed by atoms with Crippen molar-refractivity contribution in [2.24, 2.45) is 0 Å². The molecule has 3 rings (SSSR count). The Kier molecular flexibility index (Phi) is 5.35. The molecule has 0 unspecified atom stereocenters. The summed E-state index contributed by atoms with van der Waals surface area (Å²) in [4.78, 5) is 2.89. The van der Waals surface area contributed by atoms with Crippen LogP contribution in [0.3, 0.4) is 0 Å². The van der Waals surface area contributed by atoms with Gasteiger partial charge in [0, 0.05) is 5.54 Å². The summed E-state index contributed by atoms with van der Waals surface area (Å²) >= 11 is 0. The Morgan fingerprint density at radius 3 is 2.19 bits per heavy atom. The van der Waals surface area contributed by atoms with Crippen LogP contribution in [-0.4, -0.2) is 23.5 Å². The number of hydrogen-bond acceptors (Lipinski definition) is 1. The Bertz CT molecular complexity index is 399. The second kappa shape index (κ2) is 7.45. The Morgan fingerprint density at radius 2 is 1.48 bits per heavy atom. The van der Waals surface area contributed by atoms with Gasteiger partial charge in [0.2, 0.25) is 0 Å². The van der Waals surface area contributed by atoms with E-state index in [1.165, 1.54) is 89.3 Å². The van der Waals surface area contributed by atoms with E-state index in [4.69, 9.17) is 0 Å². The van der Waals surface area contributed by atoms with Crippen molar-refractivity contribution >= 4 is 0 Å². The molecule has 1 saturated carbocycles. The third-order valence-electron chi connectivity index (χ3n) is 5.76. The molecule has 0 atom stereocenters. The summed E-state index contributed by atoms with van der Waals surface area (Å²) in [5, 5.41) is 0. The molecule has 2 aliphatic rings. The van der Waals surface area contributed by atoms with Gasteiger partial charge in [0.15, 0.2) is 0 Å². The smallest absolute Gasteiger partial charge is 0.0209 e. The van der Waals surface area contributed by atoms with Crippen LogP contribution in [0.5, 0.6) is 0 Å². The number of hydrogen-bond donors (Lipinski definition) is 0. The molecule has 1 aromatic carbocycles. The monoisotopic (exact) mass is 285 g/mol. The highest BCUT2D eigenvalue weighted by Crippen LogP contribution is 2.39. The Hall–Kier alpha value is -0.820. The Balaban J connectivity index is 1.59. The fraction of sp³-hybridized carbons (Fsp3) is 0.700. The van der Waals surface area contributed by atoms with Gasteiger partial charge >= 0.3 is 0 Å². The van der Waals surface area contributed by atoms with E-state index in [0.717, 1.165) is 0 Å². The number of likely N-dealkylation sites (tertiary alicyclic amines) is 1. The van der Waals surface area contributed by atoms with Gasteiger partial charge in [-0.05, 0) is 63.6 Å². The van der Waals surface area contributed by atoms with E-state index in [0.29, 0.717) is 5.54 Å². The van der Waals surface area contributed by atoms with Gasteiger partial charge in [0.1, 0.15) is 0 Å². The molecule has 1 aliphatic heterocycles. The Morgan fingerprint density at radius 1 is 0.810 bits per heavy atom. The van der Waals surface area contributed by atoms with Gasteiger partial charge < -0.3 is 0 Å². The third-order valence-corrected chi connectivity index (χ3v) is 5.76. The predicted molar refractivity (Wildman–Crippen MR) is 90.6 cm³/mol. The van der Waals surface area contributed by atoms with Gasteiger partial charge in [-0.2, -0.15) is 0 Å². The number of piperidine rings is 1. The highest BCUT2D eigenvalue weighted by Gasteiger charge is 2.37. The molecular formula is C20H31N. The summed E-state index contributed by atoms with van der Waals surface area (Å²) in [6.45, 7) is 2.73. The van der Waals surface area contributed by atoms with Crippen molar-refractivity contribution in [3.8, 4) is 0 Å². The normalized spacial score (nSPS) is 23.0. The van der Waals surface area contributed by atoms with E-state index in [1.807, 2.05) is 0 Å². The molecule has 1 heteroatoms. The van der Waals surface area contributed by atoms with E-state index in [-0.39, 0.29) is 0 Å². The van der Waals surface area contributed by atoms with Crippen molar-refractivity contribution in [1.29, 1.82) is 0 Å². The minimum Gasteiger partial charge on any atom is -0.298 e. The quantitative estimate of drug-likeness (QED) is 0.719. The molecule has 0 amide bonds. The second-order valence-corrected chi connectivity index (χ2v) is 7.17. The molecule has 2 fully saturated rings. The maximum atomic E-state index is 2.89. The van der Waals surface area contributed by atoms with Crippen LogP contribution in [0.25, 0.3) is 0 Å². The topological polar surface area (TPSA) is 3.24 Å². The molecule has 0 spiro atoms. The lowest BCUT2D eigenvalue weighted by atomic mass is 9.76. The van der Waals surface area contributed by atoms with Gasteiger partial charge in [0.25, 0.3) is 0 Å². The van der Waals surface area contributed by atoms with Crippen molar-refractivity contribution in [3.63, 3.8) is 0 Å². The largest absolute Gasteiger partial charge is 0.298 e. The SMILES string of the molecule is c1ccc(CCCC2(N3CCCCC3)CCCCC2)cc1. The number of aryl methyl sites for hydroxylation is 1. The minimum atomic E-state index is 0.563. The zero-order valence-corrected chi connectivity index (χ0v) is 13.5. The summed E-state index contributed by atoms with van der Waals surface area (Å²) in [5.74, 6) is 0. The van der Waals surface area contributed by atoms with Gasteiger partial charge in [-0.3, -0.25) is 4.90 Å². The Labute approximate surface area is 130 Å². The number of nitrogens with zero attached hydrogens (tertiary/aromatic N) is 1. The average molecular weight is 285 g/mol. The number of benzene rings is 1. The van der Waals surface area contributed by atoms with Crippen molar-refractivity contribution < 1.29 is 0 Å². The summed E-state index contributed by atoms with van der Waals surface area (Å²) < 4.78 is 0. The van der Waals surface area contributed by atoms with Crippen LogP contribution in [0.4, 0.5) is 0 Å². The molecular weight excluding hydrogens is 254 g/mol. The highest BCUT2D eigenvalue weighted by atomic mass is 15.2. The summed E-state index contributed by atoms with van der Waals surface area (Å²) in [6.07, 6.45) is 15.7. The maximum absolute atomic E-state index is 2.89. The maximum Gasteiger partial charge on any atom is 0.0209 e. The van der Waals surface area contributed by atoms with Crippen molar-refractivity contribution in [2.45, 2.75) is 76.2 Å². The minimum absolute atomic E-state index is 0.563. The second-order valence-electron chi connectivity index (χ2n) is 7.17. The van der Waals surface area contributed by atoms with Crippen molar-refractivity contribution in [3.05, 3.63) is 35.9 Å². The van der Waals surface area contributed by atoms with E-state index in [9.17, 15) is 0 Å². The summed E-state index contributed by atoms with van der Waals surface area (Å²) in [6, 6.07) is 11.1. The first kappa shape index (κ1) is 15.1. The summed E-state index contributed by atoms with van der Waals surface area (Å²) in [7, 11) is 0. The van der Waals surface area contributed by atoms with E-state index in [2.05, 4.69) is 35.2 Å². The zero-order valence-electron chi connectivity index (χ0n) is 13.5. The summed E-state index contributed by atoms with van der Waals surface area (Å²) in [5.41, 5.74) is 2.08. The van der Waals surface area contributed by atoms with Crippen molar-refractivity contribution in [1.82, 2.24) is 4.90 Å². The van der Waals surface area contributed by atoms with Crippen LogP contribution in [0.2, 0.25) is 0 Å². The lowest BCUT2D eigenvalue weighted by Gasteiger charge is -2.48. The van der Waals surface area contributed by atoms with E-state index in [1.54, 1.807) is 0 Å². The van der Waals surface area contributed by atoms with Gasteiger partial charge in [-0.1, -0.05) is 56.0 Å². The molecule has 116 valence electrons. The van der Waals surface area contributed by atoms with Crippen LogP contribution >= 0.6 is 0 Å². The van der Waals surface area contributed by atoms with Gasteiger partial charge in [-0.15, -0.1) is 0 Å². The zero-order chi connectivity index (χ0) is 14.4. The lowest BCUT2D eigenvalue weighted by Crippen LogP contribution is -2.52. The first-order chi connectivity index (χ1) is 10.4. The fourth-order valence-electron chi connectivity index (χ4n) is 4.57. The van der Waals surface area contributed by atoms with E-state index < -0.39 is 0 Å². The molecule has 0 radical (unpaired) electrons. The van der Waals surface area contributed by atoms with Gasteiger partial charge in [-0.25, -0.2) is 0 Å². The molecule has 1 aliphatic carbocycles. The molecule has 1 nitrogen and oxygen atoms in total. The van der Waals surface area contributed by atoms with Crippen LogP contribution in [-0.2, 0) is 6.42 Å². The fourth-order valence-corrected chi connectivity index (χ4v) is 4.57. The van der Waals surface area contributed by atoms with Crippen LogP contribution < -0.4 is 0 Å². The third kappa shape index (κ3) is 3.88. The van der Waals surface area contributed by atoms with Crippen molar-refractivity contribution in [2.75, 3.05) is 13.1 Å². The molecule has 21 heavy (non-hydrogen) atoms. The molecule has 1 aromatic rings. The molecule has 0 bridgehead atoms. The standard InChI is InChI=1S/C20H31N/c1-4-11-19(12-5-1)13-10-16-20(14-6-2-7-15-20)21-17-8-3-9-18-21/h1,4-5,11-12H,2-3,6-10,13-18H2. The van der Waals surface area contributed by atoms with Gasteiger partial charge in [0.05, 0.1) is 0 Å². The lowest BCUT2D eigenvalue weighted by molar-refractivity contribution is 0.0250. The predicted octanol–water partition coefficient (Wildman–Crippen LogP) is 5.20. The molecule has 1 saturated heterocycles. The van der Waals surface area contributed by atoms with Crippen LogP contribution in [0, 0.1) is 0 Å². The number of rotatable bonds is 5. The molecule has 1 heterocycles. The van der Waals surface area contributed by atoms with Crippen LogP contribution in [0.15, 0.2) is 30.3 Å². The molecule has 0 N–H and O–H groups in total. The first-order valence-electron chi connectivity index (χ1n) is 9.18. The average Bonchev–Trinajstić information content (AvgIpc) is 2.58. The van der Waals surface area contributed by atoms with Crippen LogP contribution in [0.1, 0.15) is 69.8 Å². The first-order valence-corrected chi connectivity index (χ1v) is 9.18. The molecule has 0 aromatic heterocycles.